The number of benzene rings is 2. The zero-order valence-corrected chi connectivity index (χ0v) is 15.9. The van der Waals surface area contributed by atoms with Crippen molar-refractivity contribution in [2.24, 2.45) is 5.10 Å². The predicted octanol–water partition coefficient (Wildman–Crippen LogP) is 1.73. The molecule has 1 aromatic heterocycles. The van der Waals surface area contributed by atoms with Gasteiger partial charge in [-0.25, -0.2) is 5.43 Å². The van der Waals surface area contributed by atoms with Crippen molar-refractivity contribution in [3.8, 4) is 22.8 Å². The third kappa shape index (κ3) is 4.46. The van der Waals surface area contributed by atoms with Crippen LogP contribution in [0.25, 0.3) is 11.3 Å². The average Bonchev–Trinajstić information content (AvgIpc) is 3.26. The van der Waals surface area contributed by atoms with E-state index in [9.17, 15) is 9.59 Å². The summed E-state index contributed by atoms with van der Waals surface area (Å²) in [4.78, 5) is 24.2. The van der Waals surface area contributed by atoms with E-state index in [-0.39, 0.29) is 6.54 Å². The van der Waals surface area contributed by atoms with Crippen molar-refractivity contribution in [1.29, 1.82) is 0 Å². The fraction of sp³-hybridized carbons (Fsp3) is 0.143. The Labute approximate surface area is 172 Å². The Morgan fingerprint density at radius 1 is 1.10 bits per heavy atom. The quantitative estimate of drug-likeness (QED) is 0.426. The van der Waals surface area contributed by atoms with E-state index in [0.29, 0.717) is 30.3 Å². The molecule has 0 fully saturated rings. The SMILES string of the molecule is O=C(CNC(=O)c1ccc2c(c1)OCCO2)N/N=C/c1cn[nH]c1-c1ccccc1. The third-order valence-corrected chi connectivity index (χ3v) is 4.34. The minimum Gasteiger partial charge on any atom is -0.486 e. The lowest BCUT2D eigenvalue weighted by Crippen LogP contribution is -2.35. The van der Waals surface area contributed by atoms with Gasteiger partial charge in [-0.15, -0.1) is 0 Å². The molecule has 0 saturated heterocycles. The van der Waals surface area contributed by atoms with E-state index in [1.807, 2.05) is 30.3 Å². The van der Waals surface area contributed by atoms with E-state index < -0.39 is 11.8 Å². The van der Waals surface area contributed by atoms with Crippen LogP contribution in [-0.4, -0.2) is 48.0 Å². The standard InChI is InChI=1S/C21H19N5O4/c27-19(13-22-21(28)15-6-7-17-18(10-15)30-9-8-29-17)25-23-11-16-12-24-26-20(16)14-4-2-1-3-5-14/h1-7,10-12H,8-9,13H2,(H,22,28)(H,24,26)(H,25,27)/b23-11+. The second-order valence-corrected chi connectivity index (χ2v) is 6.40. The lowest BCUT2D eigenvalue weighted by molar-refractivity contribution is -0.120. The van der Waals surface area contributed by atoms with Crippen molar-refractivity contribution in [2.75, 3.05) is 19.8 Å². The Bertz CT molecular complexity index is 1080. The number of amides is 2. The van der Waals surface area contributed by atoms with E-state index in [0.717, 1.165) is 16.8 Å². The number of nitrogens with one attached hydrogen (secondary N) is 3. The summed E-state index contributed by atoms with van der Waals surface area (Å²) in [7, 11) is 0. The molecule has 0 saturated carbocycles. The first-order valence-electron chi connectivity index (χ1n) is 9.29. The fourth-order valence-electron chi connectivity index (χ4n) is 2.89. The minimum atomic E-state index is -0.457. The summed E-state index contributed by atoms with van der Waals surface area (Å²) in [6, 6.07) is 14.5. The summed E-state index contributed by atoms with van der Waals surface area (Å²) in [6.07, 6.45) is 3.11. The van der Waals surface area contributed by atoms with Gasteiger partial charge in [0.1, 0.15) is 13.2 Å². The monoisotopic (exact) mass is 405 g/mol. The largest absolute Gasteiger partial charge is 0.486 e. The van der Waals surface area contributed by atoms with Crippen molar-refractivity contribution >= 4 is 18.0 Å². The van der Waals surface area contributed by atoms with Gasteiger partial charge in [0.05, 0.1) is 24.7 Å². The van der Waals surface area contributed by atoms with Crippen molar-refractivity contribution in [3.05, 3.63) is 65.9 Å². The lowest BCUT2D eigenvalue weighted by atomic mass is 10.1. The van der Waals surface area contributed by atoms with Gasteiger partial charge in [0.2, 0.25) is 0 Å². The number of nitrogens with zero attached hydrogens (tertiary/aromatic N) is 2. The van der Waals surface area contributed by atoms with Crippen LogP contribution in [0.2, 0.25) is 0 Å². The van der Waals surface area contributed by atoms with Crippen LogP contribution >= 0.6 is 0 Å². The number of carbonyl (C=O) groups excluding carboxylic acids is 2. The number of hydrogen-bond acceptors (Lipinski definition) is 6. The van der Waals surface area contributed by atoms with Crippen LogP contribution in [-0.2, 0) is 4.79 Å². The van der Waals surface area contributed by atoms with Crippen molar-refractivity contribution in [2.45, 2.75) is 0 Å². The molecular formula is C21H19N5O4. The molecule has 0 spiro atoms. The van der Waals surface area contributed by atoms with Crippen LogP contribution in [0.1, 0.15) is 15.9 Å². The molecule has 2 aromatic carbocycles. The summed E-state index contributed by atoms with van der Waals surface area (Å²) < 4.78 is 10.9. The molecule has 1 aliphatic rings. The number of ether oxygens (including phenoxy) is 2. The molecule has 1 aliphatic heterocycles. The lowest BCUT2D eigenvalue weighted by Gasteiger charge is -2.18. The van der Waals surface area contributed by atoms with E-state index in [1.165, 1.54) is 6.21 Å². The highest BCUT2D eigenvalue weighted by Crippen LogP contribution is 2.30. The maximum absolute atomic E-state index is 12.3. The second-order valence-electron chi connectivity index (χ2n) is 6.40. The molecule has 4 rings (SSSR count). The van der Waals surface area contributed by atoms with Gasteiger partial charge in [-0.2, -0.15) is 10.2 Å². The first-order valence-corrected chi connectivity index (χ1v) is 9.29. The summed E-state index contributed by atoms with van der Waals surface area (Å²) in [5, 5.41) is 13.4. The first-order chi connectivity index (χ1) is 14.7. The highest BCUT2D eigenvalue weighted by atomic mass is 16.6. The summed E-state index contributed by atoms with van der Waals surface area (Å²) in [6.45, 7) is 0.688. The molecule has 0 bridgehead atoms. The van der Waals surface area contributed by atoms with Crippen LogP contribution in [0.4, 0.5) is 0 Å². The van der Waals surface area contributed by atoms with Gasteiger partial charge in [-0.1, -0.05) is 30.3 Å². The number of H-pyrrole nitrogens is 1. The van der Waals surface area contributed by atoms with Crippen molar-refractivity contribution in [1.82, 2.24) is 20.9 Å². The average molecular weight is 405 g/mol. The summed E-state index contributed by atoms with van der Waals surface area (Å²) in [5.74, 6) is 0.255. The van der Waals surface area contributed by atoms with Gasteiger partial charge in [0.25, 0.3) is 11.8 Å². The molecule has 0 radical (unpaired) electrons. The van der Waals surface area contributed by atoms with Gasteiger partial charge in [0, 0.05) is 16.7 Å². The molecule has 9 heteroatoms. The molecule has 3 N–H and O–H groups in total. The zero-order valence-electron chi connectivity index (χ0n) is 15.9. The van der Waals surface area contributed by atoms with E-state index >= 15 is 0 Å². The fourth-order valence-corrected chi connectivity index (χ4v) is 2.89. The number of hydrogen-bond donors (Lipinski definition) is 3. The normalized spacial score (nSPS) is 12.5. The molecule has 0 atom stereocenters. The number of aromatic amines is 1. The van der Waals surface area contributed by atoms with Crippen LogP contribution < -0.4 is 20.2 Å². The number of aromatic nitrogens is 2. The molecule has 2 amide bonds. The van der Waals surface area contributed by atoms with E-state index in [2.05, 4.69) is 26.0 Å². The summed E-state index contributed by atoms with van der Waals surface area (Å²) >= 11 is 0. The highest BCUT2D eigenvalue weighted by molar-refractivity contribution is 5.97. The molecule has 3 aromatic rings. The van der Waals surface area contributed by atoms with E-state index in [4.69, 9.17) is 9.47 Å². The van der Waals surface area contributed by atoms with Crippen LogP contribution in [0.5, 0.6) is 11.5 Å². The maximum Gasteiger partial charge on any atom is 0.259 e. The Morgan fingerprint density at radius 3 is 2.73 bits per heavy atom. The maximum atomic E-state index is 12.3. The molecule has 152 valence electrons. The highest BCUT2D eigenvalue weighted by Gasteiger charge is 2.15. The summed E-state index contributed by atoms with van der Waals surface area (Å²) in [5.41, 5.74) is 5.23. The number of carbonyl (C=O) groups is 2. The molecule has 2 heterocycles. The Hall–Kier alpha value is -4.14. The van der Waals surface area contributed by atoms with Gasteiger partial charge >= 0.3 is 0 Å². The molecular weight excluding hydrogens is 386 g/mol. The number of rotatable bonds is 6. The molecule has 0 aliphatic carbocycles. The second kappa shape index (κ2) is 8.91. The molecule has 30 heavy (non-hydrogen) atoms. The smallest absolute Gasteiger partial charge is 0.259 e. The zero-order chi connectivity index (χ0) is 20.8. The Balaban J connectivity index is 1.30. The molecule has 9 nitrogen and oxygen atoms in total. The first kappa shape index (κ1) is 19.2. The van der Waals surface area contributed by atoms with Crippen LogP contribution in [0.15, 0.2) is 59.8 Å². The van der Waals surface area contributed by atoms with Crippen molar-refractivity contribution in [3.63, 3.8) is 0 Å². The van der Waals surface area contributed by atoms with Crippen molar-refractivity contribution < 1.29 is 19.1 Å². The van der Waals surface area contributed by atoms with Gasteiger partial charge in [-0.05, 0) is 18.2 Å². The van der Waals surface area contributed by atoms with Gasteiger partial charge in [0.15, 0.2) is 11.5 Å². The Kier molecular flexibility index (Phi) is 5.70. The van der Waals surface area contributed by atoms with Gasteiger partial charge < -0.3 is 14.8 Å². The predicted molar refractivity (Wildman–Crippen MR) is 110 cm³/mol. The van der Waals surface area contributed by atoms with Gasteiger partial charge in [-0.3, -0.25) is 14.7 Å². The molecule has 0 unspecified atom stereocenters. The topological polar surface area (TPSA) is 118 Å². The third-order valence-electron chi connectivity index (χ3n) is 4.34. The van der Waals surface area contributed by atoms with Crippen LogP contribution in [0.3, 0.4) is 0 Å². The minimum absolute atomic E-state index is 0.221. The van der Waals surface area contributed by atoms with E-state index in [1.54, 1.807) is 24.4 Å². The number of fused-ring (bicyclic) bond motifs is 1. The Morgan fingerprint density at radius 2 is 1.90 bits per heavy atom. The number of hydrazone groups is 1. The van der Waals surface area contributed by atoms with Crippen LogP contribution in [0, 0.1) is 0 Å².